The zero-order valence-electron chi connectivity index (χ0n) is 23.0. The number of phenols is 1. The van der Waals surface area contributed by atoms with Gasteiger partial charge < -0.3 is 30.4 Å². The predicted molar refractivity (Wildman–Crippen MR) is 155 cm³/mol. The molecule has 2 heterocycles. The maximum Gasteiger partial charge on any atom is 0.328 e. The number of aromatic hydroxyl groups is 1. The van der Waals surface area contributed by atoms with Crippen molar-refractivity contribution in [3.63, 3.8) is 0 Å². The lowest BCUT2D eigenvalue weighted by molar-refractivity contribution is -0.138. The second-order valence-corrected chi connectivity index (χ2v) is 10.9. The van der Waals surface area contributed by atoms with Crippen molar-refractivity contribution in [3.8, 4) is 5.75 Å². The molecule has 0 spiro atoms. The number of rotatable bonds is 9. The molecule has 0 aromatic heterocycles. The van der Waals surface area contributed by atoms with E-state index >= 15 is 0 Å². The van der Waals surface area contributed by atoms with Crippen molar-refractivity contribution in [1.29, 1.82) is 0 Å². The van der Waals surface area contributed by atoms with Crippen molar-refractivity contribution < 1.29 is 20.1 Å². The number of aliphatic hydroxyl groups is 1. The summed E-state index contributed by atoms with van der Waals surface area (Å²) < 4.78 is 0. The van der Waals surface area contributed by atoms with Crippen molar-refractivity contribution in [2.24, 2.45) is 4.99 Å². The summed E-state index contributed by atoms with van der Waals surface area (Å²) in [5, 5.41) is 34.2. The number of benzene rings is 2. The van der Waals surface area contributed by atoms with E-state index in [1.54, 1.807) is 37.2 Å². The summed E-state index contributed by atoms with van der Waals surface area (Å²) in [6.07, 6.45) is 2.88. The monoisotopic (exact) mass is 557 g/mol. The second kappa shape index (κ2) is 12.9. The third kappa shape index (κ3) is 6.77. The molecule has 2 aromatic rings. The molecular weight excluding hydrogens is 518 g/mol. The van der Waals surface area contributed by atoms with Gasteiger partial charge in [0.25, 0.3) is 0 Å². The number of fused-ring (bicyclic) bond motifs is 1. The maximum atomic E-state index is 12.3. The van der Waals surface area contributed by atoms with Gasteiger partial charge in [0.05, 0.1) is 16.8 Å². The number of likely N-dealkylation sites (tertiary alicyclic amines) is 1. The molecule has 0 aliphatic carbocycles. The maximum absolute atomic E-state index is 12.3. The van der Waals surface area contributed by atoms with Crippen LogP contribution in [0.15, 0.2) is 35.3 Å². The minimum Gasteiger partial charge on any atom is -0.508 e. The lowest BCUT2D eigenvalue weighted by atomic mass is 9.95. The zero-order chi connectivity index (χ0) is 28.1. The van der Waals surface area contributed by atoms with Crippen molar-refractivity contribution in [2.75, 3.05) is 51.7 Å². The van der Waals surface area contributed by atoms with E-state index in [1.807, 2.05) is 13.0 Å². The number of phenolic OH excluding ortho intramolecular Hbond substituents is 1. The average Bonchev–Trinajstić information content (AvgIpc) is 3.44. The third-order valence-electron chi connectivity index (χ3n) is 7.85. The fourth-order valence-electron chi connectivity index (χ4n) is 5.70. The van der Waals surface area contributed by atoms with Gasteiger partial charge in [0.15, 0.2) is 5.96 Å². The molecule has 0 amide bonds. The Morgan fingerprint density at radius 2 is 1.97 bits per heavy atom. The third-order valence-corrected chi connectivity index (χ3v) is 8.25. The molecule has 2 aromatic carbocycles. The van der Waals surface area contributed by atoms with Crippen molar-refractivity contribution in [2.45, 2.75) is 51.3 Å². The number of carbonyl (C=O) groups is 1. The van der Waals surface area contributed by atoms with Crippen LogP contribution < -0.4 is 10.2 Å². The lowest BCUT2D eigenvalue weighted by Gasteiger charge is -2.34. The molecule has 2 aliphatic heterocycles. The molecule has 1 unspecified atom stereocenters. The number of carboxylic acid groups (broad SMARTS) is 1. The Bertz CT molecular complexity index is 1200. The van der Waals surface area contributed by atoms with Crippen LogP contribution in [0.4, 0.5) is 5.69 Å². The van der Waals surface area contributed by atoms with E-state index in [2.05, 4.69) is 26.2 Å². The molecule has 0 radical (unpaired) electrons. The first-order valence-electron chi connectivity index (χ1n) is 13.6. The highest BCUT2D eigenvalue weighted by atomic mass is 35.5. The standard InChI is InChI=1S/C29H40ClN5O4/c1-19-15-21-18-34(14-10-25(37)20-7-6-8-22(36)16-20)13-9-23(21)26(30)27(19)33(3)24(28(38)39)17-32-29(31-2)35-11-4-5-12-35/h6-8,15-16,24-25,36-37H,4-5,9-14,17-18H2,1-3H3,(H,31,32)(H,38,39)/t24-,25?/m0/s1. The fraction of sp³-hybridized carbons (Fsp3) is 0.517. The molecule has 10 heteroatoms. The summed E-state index contributed by atoms with van der Waals surface area (Å²) in [4.78, 5) is 22.9. The molecule has 1 saturated heterocycles. The Labute approximate surface area is 235 Å². The molecular formula is C29H40ClN5O4. The highest BCUT2D eigenvalue weighted by molar-refractivity contribution is 6.34. The van der Waals surface area contributed by atoms with E-state index < -0.39 is 18.1 Å². The van der Waals surface area contributed by atoms with Crippen LogP contribution in [0.2, 0.25) is 5.02 Å². The number of hydrogen-bond donors (Lipinski definition) is 4. The first kappa shape index (κ1) is 29.0. The number of guanidine groups is 1. The Hall–Kier alpha value is -3.01. The normalized spacial score (nSPS) is 17.6. The number of carboxylic acids is 1. The molecule has 9 nitrogen and oxygen atoms in total. The predicted octanol–water partition coefficient (Wildman–Crippen LogP) is 3.40. The molecule has 4 rings (SSSR count). The quantitative estimate of drug-likeness (QED) is 0.274. The molecule has 39 heavy (non-hydrogen) atoms. The van der Waals surface area contributed by atoms with E-state index in [9.17, 15) is 20.1 Å². The zero-order valence-corrected chi connectivity index (χ0v) is 23.8. The Morgan fingerprint density at radius 1 is 1.23 bits per heavy atom. The number of aliphatic hydroxyl groups excluding tert-OH is 1. The summed E-state index contributed by atoms with van der Waals surface area (Å²) in [5.41, 5.74) is 4.57. The van der Waals surface area contributed by atoms with Gasteiger partial charge in [-0.05, 0) is 67.0 Å². The number of aliphatic imine (C=N–C) groups is 1. The van der Waals surface area contributed by atoms with Gasteiger partial charge in [-0.25, -0.2) is 4.79 Å². The van der Waals surface area contributed by atoms with Gasteiger partial charge in [0.2, 0.25) is 0 Å². The van der Waals surface area contributed by atoms with Gasteiger partial charge in [-0.3, -0.25) is 9.89 Å². The smallest absolute Gasteiger partial charge is 0.328 e. The number of nitrogens with one attached hydrogen (secondary N) is 1. The lowest BCUT2D eigenvalue weighted by Crippen LogP contribution is -2.50. The van der Waals surface area contributed by atoms with E-state index in [0.717, 1.165) is 67.2 Å². The van der Waals surface area contributed by atoms with Gasteiger partial charge in [-0.1, -0.05) is 29.8 Å². The Kier molecular flexibility index (Phi) is 9.58. The number of aryl methyl sites for hydroxylation is 1. The van der Waals surface area contributed by atoms with E-state index in [-0.39, 0.29) is 12.3 Å². The number of likely N-dealkylation sites (N-methyl/N-ethyl adjacent to an activating group) is 1. The minimum absolute atomic E-state index is 0.149. The summed E-state index contributed by atoms with van der Waals surface area (Å²) in [5.74, 6) is -0.0444. The molecule has 0 bridgehead atoms. The summed E-state index contributed by atoms with van der Waals surface area (Å²) in [6, 6.07) is 8.03. The topological polar surface area (TPSA) is 112 Å². The number of nitrogens with zero attached hydrogens (tertiary/aromatic N) is 4. The average molecular weight is 558 g/mol. The minimum atomic E-state index is -0.925. The largest absolute Gasteiger partial charge is 0.508 e. The van der Waals surface area contributed by atoms with Crippen LogP contribution in [0.5, 0.6) is 5.75 Å². The Morgan fingerprint density at radius 3 is 2.64 bits per heavy atom. The second-order valence-electron chi connectivity index (χ2n) is 10.5. The van der Waals surface area contributed by atoms with E-state index in [4.69, 9.17) is 11.6 Å². The summed E-state index contributed by atoms with van der Waals surface area (Å²) in [7, 11) is 3.51. The van der Waals surface area contributed by atoms with Gasteiger partial charge in [-0.2, -0.15) is 0 Å². The molecule has 1 fully saturated rings. The highest BCUT2D eigenvalue weighted by Crippen LogP contribution is 2.38. The first-order valence-corrected chi connectivity index (χ1v) is 14.0. The van der Waals surface area contributed by atoms with Crippen LogP contribution in [0.25, 0.3) is 0 Å². The molecule has 2 aliphatic rings. The summed E-state index contributed by atoms with van der Waals surface area (Å²) >= 11 is 6.97. The van der Waals surface area contributed by atoms with Gasteiger partial charge in [0, 0.05) is 53.4 Å². The highest BCUT2D eigenvalue weighted by Gasteiger charge is 2.30. The number of halogens is 1. The number of hydrogen-bond acceptors (Lipinski definition) is 6. The van der Waals surface area contributed by atoms with Crippen LogP contribution in [0, 0.1) is 6.92 Å². The van der Waals surface area contributed by atoms with Crippen molar-refractivity contribution >= 4 is 29.2 Å². The Balaban J connectivity index is 1.44. The first-order chi connectivity index (χ1) is 18.7. The van der Waals surface area contributed by atoms with Gasteiger partial charge in [0.1, 0.15) is 11.8 Å². The van der Waals surface area contributed by atoms with Crippen molar-refractivity contribution in [3.05, 3.63) is 57.6 Å². The van der Waals surface area contributed by atoms with E-state index in [0.29, 0.717) is 30.1 Å². The molecule has 0 saturated carbocycles. The SMILES string of the molecule is C/N=C(/NC[C@@H](C(=O)O)N(C)c1c(C)cc2c(c1Cl)CCN(CCC(O)c1cccc(O)c1)C2)N1CCCC1. The van der Waals surface area contributed by atoms with Crippen LogP contribution in [0.3, 0.4) is 0 Å². The van der Waals surface area contributed by atoms with E-state index in [1.165, 1.54) is 0 Å². The van der Waals surface area contributed by atoms with Crippen LogP contribution >= 0.6 is 11.6 Å². The van der Waals surface area contributed by atoms with Gasteiger partial charge >= 0.3 is 5.97 Å². The van der Waals surface area contributed by atoms with Crippen LogP contribution in [-0.2, 0) is 17.8 Å². The molecule has 4 N–H and O–H groups in total. The van der Waals surface area contributed by atoms with Crippen LogP contribution in [0.1, 0.15) is 47.6 Å². The van der Waals surface area contributed by atoms with Crippen LogP contribution in [-0.4, -0.2) is 89.9 Å². The molecule has 212 valence electrons. The summed E-state index contributed by atoms with van der Waals surface area (Å²) in [6.45, 7) is 6.24. The van der Waals surface area contributed by atoms with Crippen molar-refractivity contribution in [1.82, 2.24) is 15.1 Å². The number of anilines is 1. The molecule has 2 atom stereocenters. The fourth-order valence-corrected chi connectivity index (χ4v) is 6.20. The van der Waals surface area contributed by atoms with Gasteiger partial charge in [-0.15, -0.1) is 0 Å². The number of aliphatic carboxylic acids is 1.